The van der Waals surface area contributed by atoms with Crippen LogP contribution in [0.4, 0.5) is 11.4 Å². The Bertz CT molecular complexity index is 336. The SMILES string of the molecule is CCNCNCc1cc(N)cc(CC)c1N. The minimum atomic E-state index is 0.747. The molecule has 0 saturated carbocycles. The van der Waals surface area contributed by atoms with E-state index in [-0.39, 0.29) is 0 Å². The molecular formula is C12H22N4. The van der Waals surface area contributed by atoms with E-state index in [1.165, 1.54) is 0 Å². The van der Waals surface area contributed by atoms with Gasteiger partial charge in [-0.3, -0.25) is 0 Å². The van der Waals surface area contributed by atoms with Crippen molar-refractivity contribution in [2.45, 2.75) is 26.8 Å². The van der Waals surface area contributed by atoms with Crippen LogP contribution in [0.15, 0.2) is 12.1 Å². The molecule has 0 aliphatic rings. The Kier molecular flexibility index (Phi) is 5.08. The molecule has 0 aromatic heterocycles. The highest BCUT2D eigenvalue weighted by atomic mass is 15.0. The van der Waals surface area contributed by atoms with Gasteiger partial charge >= 0.3 is 0 Å². The normalized spacial score (nSPS) is 10.6. The lowest BCUT2D eigenvalue weighted by atomic mass is 10.0. The van der Waals surface area contributed by atoms with Gasteiger partial charge in [0.1, 0.15) is 0 Å². The van der Waals surface area contributed by atoms with Gasteiger partial charge in [0.15, 0.2) is 0 Å². The number of nitrogens with one attached hydrogen (secondary N) is 2. The van der Waals surface area contributed by atoms with Crippen LogP contribution in [0.3, 0.4) is 0 Å². The summed E-state index contributed by atoms with van der Waals surface area (Å²) < 4.78 is 0. The Morgan fingerprint density at radius 3 is 2.38 bits per heavy atom. The van der Waals surface area contributed by atoms with E-state index in [0.29, 0.717) is 0 Å². The summed E-state index contributed by atoms with van der Waals surface area (Å²) in [5.74, 6) is 0. The second-order valence-electron chi connectivity index (χ2n) is 3.81. The molecule has 1 rings (SSSR count). The number of aryl methyl sites for hydroxylation is 1. The van der Waals surface area contributed by atoms with E-state index in [1.807, 2.05) is 12.1 Å². The lowest BCUT2D eigenvalue weighted by molar-refractivity contribution is 0.598. The van der Waals surface area contributed by atoms with Crippen molar-refractivity contribution >= 4 is 11.4 Å². The average molecular weight is 222 g/mol. The molecule has 0 radical (unpaired) electrons. The molecule has 0 saturated heterocycles. The van der Waals surface area contributed by atoms with Crippen molar-refractivity contribution < 1.29 is 0 Å². The fraction of sp³-hybridized carbons (Fsp3) is 0.500. The third-order valence-electron chi connectivity index (χ3n) is 2.57. The van der Waals surface area contributed by atoms with Gasteiger partial charge < -0.3 is 22.1 Å². The molecule has 0 bridgehead atoms. The minimum Gasteiger partial charge on any atom is -0.399 e. The summed E-state index contributed by atoms with van der Waals surface area (Å²) >= 11 is 0. The molecule has 1 aromatic carbocycles. The Balaban J connectivity index is 2.67. The number of nitrogens with two attached hydrogens (primary N) is 2. The molecule has 0 aliphatic carbocycles. The van der Waals surface area contributed by atoms with Crippen molar-refractivity contribution in [3.8, 4) is 0 Å². The minimum absolute atomic E-state index is 0.747. The second kappa shape index (κ2) is 6.35. The first-order chi connectivity index (χ1) is 7.69. The molecule has 16 heavy (non-hydrogen) atoms. The van der Waals surface area contributed by atoms with Crippen LogP contribution in [0.1, 0.15) is 25.0 Å². The maximum Gasteiger partial charge on any atom is 0.0456 e. The van der Waals surface area contributed by atoms with Crippen molar-refractivity contribution in [3.63, 3.8) is 0 Å². The predicted octanol–water partition coefficient (Wildman–Crippen LogP) is 1.07. The molecule has 90 valence electrons. The van der Waals surface area contributed by atoms with Gasteiger partial charge in [0.25, 0.3) is 0 Å². The van der Waals surface area contributed by atoms with E-state index in [4.69, 9.17) is 11.5 Å². The maximum atomic E-state index is 6.06. The molecule has 4 nitrogen and oxygen atoms in total. The van der Waals surface area contributed by atoms with E-state index < -0.39 is 0 Å². The number of hydrogen-bond donors (Lipinski definition) is 4. The standard InChI is InChI=1S/C12H22N4/c1-3-9-5-11(13)6-10(12(9)14)7-16-8-15-4-2/h5-6,15-16H,3-4,7-8,13-14H2,1-2H3. The summed E-state index contributed by atoms with van der Waals surface area (Å²) in [6, 6.07) is 3.89. The second-order valence-corrected chi connectivity index (χ2v) is 3.81. The Labute approximate surface area is 97.4 Å². The number of nitrogen functional groups attached to an aromatic ring is 2. The van der Waals surface area contributed by atoms with Gasteiger partial charge in [0.2, 0.25) is 0 Å². The van der Waals surface area contributed by atoms with Crippen LogP contribution in [-0.2, 0) is 13.0 Å². The summed E-state index contributed by atoms with van der Waals surface area (Å²) in [5, 5.41) is 6.47. The van der Waals surface area contributed by atoms with E-state index in [2.05, 4.69) is 24.5 Å². The first kappa shape index (κ1) is 12.8. The monoisotopic (exact) mass is 222 g/mol. The van der Waals surface area contributed by atoms with Crippen LogP contribution < -0.4 is 22.1 Å². The Hall–Kier alpha value is -1.26. The molecule has 0 amide bonds. The van der Waals surface area contributed by atoms with Gasteiger partial charge in [-0.15, -0.1) is 0 Å². The van der Waals surface area contributed by atoms with Gasteiger partial charge in [-0.05, 0) is 36.2 Å². The van der Waals surface area contributed by atoms with Crippen molar-refractivity contribution in [1.82, 2.24) is 10.6 Å². The van der Waals surface area contributed by atoms with Crippen LogP contribution in [-0.4, -0.2) is 13.2 Å². The molecule has 4 heteroatoms. The van der Waals surface area contributed by atoms with Crippen molar-refractivity contribution in [2.75, 3.05) is 24.7 Å². The number of rotatable bonds is 6. The highest BCUT2D eigenvalue weighted by molar-refractivity contribution is 5.61. The number of hydrogen-bond acceptors (Lipinski definition) is 4. The Morgan fingerprint density at radius 2 is 1.75 bits per heavy atom. The van der Waals surface area contributed by atoms with Gasteiger partial charge in [-0.25, -0.2) is 0 Å². The molecule has 0 spiro atoms. The molecule has 0 aliphatic heterocycles. The lowest BCUT2D eigenvalue weighted by Gasteiger charge is -2.12. The molecule has 1 aromatic rings. The summed E-state index contributed by atoms with van der Waals surface area (Å²) in [6.07, 6.45) is 0.914. The smallest absolute Gasteiger partial charge is 0.0456 e. The topological polar surface area (TPSA) is 76.1 Å². The van der Waals surface area contributed by atoms with Crippen molar-refractivity contribution in [1.29, 1.82) is 0 Å². The predicted molar refractivity (Wildman–Crippen MR) is 70.0 cm³/mol. The van der Waals surface area contributed by atoms with Crippen molar-refractivity contribution in [3.05, 3.63) is 23.3 Å². The highest BCUT2D eigenvalue weighted by Gasteiger charge is 2.05. The Morgan fingerprint density at radius 1 is 1.06 bits per heavy atom. The van der Waals surface area contributed by atoms with Crippen LogP contribution in [0.2, 0.25) is 0 Å². The summed E-state index contributed by atoms with van der Waals surface area (Å²) in [4.78, 5) is 0. The summed E-state index contributed by atoms with van der Waals surface area (Å²) in [5.41, 5.74) is 15.7. The van der Waals surface area contributed by atoms with Crippen LogP contribution in [0.5, 0.6) is 0 Å². The van der Waals surface area contributed by atoms with Crippen LogP contribution in [0, 0.1) is 0 Å². The first-order valence-corrected chi connectivity index (χ1v) is 5.77. The summed E-state index contributed by atoms with van der Waals surface area (Å²) in [6.45, 7) is 6.65. The number of benzene rings is 1. The van der Waals surface area contributed by atoms with Crippen LogP contribution >= 0.6 is 0 Å². The van der Waals surface area contributed by atoms with E-state index in [9.17, 15) is 0 Å². The van der Waals surface area contributed by atoms with Gasteiger partial charge in [-0.2, -0.15) is 0 Å². The third kappa shape index (κ3) is 3.40. The summed E-state index contributed by atoms with van der Waals surface area (Å²) in [7, 11) is 0. The quantitative estimate of drug-likeness (QED) is 0.330. The fourth-order valence-electron chi connectivity index (χ4n) is 1.66. The van der Waals surface area contributed by atoms with Crippen molar-refractivity contribution in [2.24, 2.45) is 0 Å². The lowest BCUT2D eigenvalue weighted by Crippen LogP contribution is -2.28. The first-order valence-electron chi connectivity index (χ1n) is 5.77. The van der Waals surface area contributed by atoms with E-state index in [1.54, 1.807) is 0 Å². The highest BCUT2D eigenvalue weighted by Crippen LogP contribution is 2.22. The van der Waals surface area contributed by atoms with E-state index in [0.717, 1.165) is 48.7 Å². The molecule has 0 fully saturated rings. The zero-order valence-corrected chi connectivity index (χ0v) is 10.1. The van der Waals surface area contributed by atoms with Gasteiger partial charge in [0, 0.05) is 24.6 Å². The largest absolute Gasteiger partial charge is 0.399 e. The molecular weight excluding hydrogens is 200 g/mol. The number of anilines is 2. The maximum absolute atomic E-state index is 6.06. The zero-order chi connectivity index (χ0) is 12.0. The zero-order valence-electron chi connectivity index (χ0n) is 10.1. The van der Waals surface area contributed by atoms with Crippen LogP contribution in [0.25, 0.3) is 0 Å². The van der Waals surface area contributed by atoms with Gasteiger partial charge in [-0.1, -0.05) is 13.8 Å². The molecule has 0 atom stereocenters. The van der Waals surface area contributed by atoms with Gasteiger partial charge in [0.05, 0.1) is 0 Å². The molecule has 6 N–H and O–H groups in total. The molecule has 0 heterocycles. The third-order valence-corrected chi connectivity index (χ3v) is 2.57. The van der Waals surface area contributed by atoms with E-state index >= 15 is 0 Å². The fourth-order valence-corrected chi connectivity index (χ4v) is 1.66. The molecule has 0 unspecified atom stereocenters. The average Bonchev–Trinajstić information content (AvgIpc) is 2.28.